The molecule has 1 unspecified atom stereocenters. The molecule has 0 rings (SSSR count). The zero-order valence-corrected chi connectivity index (χ0v) is 11.6. The van der Waals surface area contributed by atoms with Gasteiger partial charge in [-0.2, -0.15) is 0 Å². The Morgan fingerprint density at radius 2 is 1.71 bits per heavy atom. The molecule has 7 N–H and O–H groups in total. The van der Waals surface area contributed by atoms with Crippen LogP contribution in [0.25, 0.3) is 0 Å². The highest BCUT2D eigenvalue weighted by atomic mass is 31.2. The molecule has 0 aliphatic rings. The fourth-order valence-corrected chi connectivity index (χ4v) is 3.78. The Morgan fingerprint density at radius 1 is 1.24 bits per heavy atom. The second-order valence-corrected chi connectivity index (χ2v) is 8.22. The van der Waals surface area contributed by atoms with Crippen LogP contribution in [0.4, 0.5) is 0 Å². The minimum atomic E-state index is -4.68. The van der Waals surface area contributed by atoms with Crippen molar-refractivity contribution in [2.45, 2.75) is 31.2 Å². The van der Waals surface area contributed by atoms with Gasteiger partial charge in [0.1, 0.15) is 5.78 Å². The third-order valence-electron chi connectivity index (χ3n) is 2.47. The van der Waals surface area contributed by atoms with Crippen LogP contribution in [0.3, 0.4) is 0 Å². The maximum absolute atomic E-state index is 11.3. The van der Waals surface area contributed by atoms with Crippen LogP contribution in [0.15, 0.2) is 0 Å². The van der Waals surface area contributed by atoms with E-state index in [2.05, 4.69) is 5.32 Å². The van der Waals surface area contributed by atoms with Crippen LogP contribution in [0.2, 0.25) is 0 Å². The van der Waals surface area contributed by atoms with Crippen molar-refractivity contribution in [3.63, 3.8) is 0 Å². The SMILES string of the molecule is CC(C)(C(NCCCN)P(=O)(O)O)P(=O)(O)O. The Morgan fingerprint density at radius 3 is 2.00 bits per heavy atom. The Bertz CT molecular complexity index is 335. The molecule has 8 nitrogen and oxygen atoms in total. The summed E-state index contributed by atoms with van der Waals surface area (Å²) in [6, 6.07) is 0. The Hall–Kier alpha value is 0.220. The summed E-state index contributed by atoms with van der Waals surface area (Å²) < 4.78 is 22.5. The molecule has 0 spiro atoms. The van der Waals surface area contributed by atoms with E-state index in [9.17, 15) is 9.13 Å². The van der Waals surface area contributed by atoms with E-state index in [1.165, 1.54) is 0 Å². The van der Waals surface area contributed by atoms with Crippen molar-refractivity contribution in [2.75, 3.05) is 13.1 Å². The van der Waals surface area contributed by atoms with Crippen LogP contribution < -0.4 is 11.1 Å². The first-order valence-electron chi connectivity index (χ1n) is 4.99. The van der Waals surface area contributed by atoms with Gasteiger partial charge in [0.2, 0.25) is 0 Å². The smallest absolute Gasteiger partial charge is 0.330 e. The van der Waals surface area contributed by atoms with Crippen molar-refractivity contribution in [3.8, 4) is 0 Å². The molecule has 0 aromatic heterocycles. The molecule has 0 aromatic rings. The van der Waals surface area contributed by atoms with E-state index >= 15 is 0 Å². The topological polar surface area (TPSA) is 153 Å². The Balaban J connectivity index is 5.07. The lowest BCUT2D eigenvalue weighted by Gasteiger charge is -2.35. The lowest BCUT2D eigenvalue weighted by Crippen LogP contribution is -2.46. The number of hydrogen-bond acceptors (Lipinski definition) is 4. The molecule has 104 valence electrons. The molecule has 1 atom stereocenters. The van der Waals surface area contributed by atoms with Gasteiger partial charge in [-0.05, 0) is 33.4 Å². The number of nitrogens with two attached hydrogens (primary N) is 1. The lowest BCUT2D eigenvalue weighted by molar-refractivity contribution is 0.290. The monoisotopic (exact) mass is 290 g/mol. The van der Waals surface area contributed by atoms with E-state index in [0.717, 1.165) is 13.8 Å². The van der Waals surface area contributed by atoms with Crippen molar-refractivity contribution in [1.29, 1.82) is 0 Å². The summed E-state index contributed by atoms with van der Waals surface area (Å²) in [6.07, 6.45) is 0.452. The Labute approximate surface area is 99.9 Å². The van der Waals surface area contributed by atoms with E-state index in [-0.39, 0.29) is 6.54 Å². The highest BCUT2D eigenvalue weighted by Gasteiger charge is 2.52. The van der Waals surface area contributed by atoms with Crippen molar-refractivity contribution in [1.82, 2.24) is 5.32 Å². The molecule has 0 aliphatic carbocycles. The van der Waals surface area contributed by atoms with Crippen LogP contribution in [0.1, 0.15) is 20.3 Å². The van der Waals surface area contributed by atoms with E-state index in [4.69, 9.17) is 25.3 Å². The van der Waals surface area contributed by atoms with Gasteiger partial charge in [0.05, 0.1) is 5.16 Å². The average Bonchev–Trinajstić information content (AvgIpc) is 2.07. The molecule has 10 heteroatoms. The summed E-state index contributed by atoms with van der Waals surface area (Å²) in [5.41, 5.74) is 5.23. The van der Waals surface area contributed by atoms with Crippen molar-refractivity contribution in [2.24, 2.45) is 5.73 Å². The average molecular weight is 290 g/mol. The molecule has 0 aromatic carbocycles. The van der Waals surface area contributed by atoms with E-state index in [1.54, 1.807) is 0 Å². The number of hydrogen-bond donors (Lipinski definition) is 6. The molecule has 0 fully saturated rings. The molecule has 0 aliphatic heterocycles. The highest BCUT2D eigenvalue weighted by Crippen LogP contribution is 2.59. The van der Waals surface area contributed by atoms with Crippen molar-refractivity contribution >= 4 is 15.2 Å². The highest BCUT2D eigenvalue weighted by molar-refractivity contribution is 7.57. The van der Waals surface area contributed by atoms with Gasteiger partial charge in [-0.15, -0.1) is 0 Å². The third kappa shape index (κ3) is 4.77. The van der Waals surface area contributed by atoms with Crippen LogP contribution in [0.5, 0.6) is 0 Å². The predicted molar refractivity (Wildman–Crippen MR) is 63.6 cm³/mol. The van der Waals surface area contributed by atoms with Gasteiger partial charge in [-0.1, -0.05) is 0 Å². The molecule has 0 saturated heterocycles. The second kappa shape index (κ2) is 5.91. The van der Waals surface area contributed by atoms with Crippen LogP contribution in [0, 0.1) is 0 Å². The number of rotatable bonds is 7. The zero-order valence-electron chi connectivity index (χ0n) is 9.78. The summed E-state index contributed by atoms with van der Waals surface area (Å²) >= 11 is 0. The third-order valence-corrected chi connectivity index (χ3v) is 5.94. The minimum Gasteiger partial charge on any atom is -0.330 e. The van der Waals surface area contributed by atoms with Gasteiger partial charge in [-0.25, -0.2) is 0 Å². The first-order valence-corrected chi connectivity index (χ1v) is 8.28. The standard InChI is InChI=1S/C7H20N2O6P2/c1-7(2,17(13,14)15)6(16(10,11)12)9-5-3-4-8/h6,9H,3-5,8H2,1-2H3,(H2,10,11,12)(H2,13,14,15). The van der Waals surface area contributed by atoms with Gasteiger partial charge < -0.3 is 30.6 Å². The number of nitrogens with one attached hydrogen (secondary N) is 1. The van der Waals surface area contributed by atoms with E-state index in [1.807, 2.05) is 0 Å². The summed E-state index contributed by atoms with van der Waals surface area (Å²) in [5, 5.41) is 0.612. The minimum absolute atomic E-state index is 0.176. The first-order chi connectivity index (χ1) is 7.44. The van der Waals surface area contributed by atoms with E-state index in [0.29, 0.717) is 13.0 Å². The Kier molecular flexibility index (Phi) is 5.98. The van der Waals surface area contributed by atoms with Crippen LogP contribution in [-0.2, 0) is 9.13 Å². The summed E-state index contributed by atoms with van der Waals surface area (Å²) in [6.45, 7) is 2.73. The molecule has 0 bridgehead atoms. The van der Waals surface area contributed by atoms with Crippen LogP contribution in [-0.4, -0.2) is 43.6 Å². The molecule has 0 saturated carbocycles. The predicted octanol–water partition coefficient (Wildman–Crippen LogP) is -0.615. The summed E-state index contributed by atoms with van der Waals surface area (Å²) in [5.74, 6) is -1.61. The fourth-order valence-electron chi connectivity index (χ4n) is 1.28. The normalized spacial score (nSPS) is 15.9. The zero-order chi connectivity index (χ0) is 13.9. The fraction of sp³-hybridized carbons (Fsp3) is 1.00. The van der Waals surface area contributed by atoms with Crippen molar-refractivity contribution < 1.29 is 28.7 Å². The maximum atomic E-state index is 11.3. The largest absolute Gasteiger partial charge is 0.343 e. The molecular formula is C7H20N2O6P2. The molecular weight excluding hydrogens is 270 g/mol. The summed E-state index contributed by atoms with van der Waals surface area (Å²) in [4.78, 5) is 36.6. The first kappa shape index (κ1) is 17.2. The lowest BCUT2D eigenvalue weighted by atomic mass is 10.2. The van der Waals surface area contributed by atoms with Crippen LogP contribution >= 0.6 is 15.2 Å². The van der Waals surface area contributed by atoms with E-state index < -0.39 is 26.1 Å². The van der Waals surface area contributed by atoms with Gasteiger partial charge in [0, 0.05) is 0 Å². The molecule has 0 amide bonds. The molecule has 0 radical (unpaired) electrons. The maximum Gasteiger partial charge on any atom is 0.343 e. The molecule has 0 heterocycles. The summed E-state index contributed by atoms with van der Waals surface area (Å²) in [7, 11) is -9.33. The second-order valence-electron chi connectivity index (χ2n) is 4.29. The van der Waals surface area contributed by atoms with Gasteiger partial charge in [0.15, 0.2) is 0 Å². The van der Waals surface area contributed by atoms with Crippen molar-refractivity contribution in [3.05, 3.63) is 0 Å². The van der Waals surface area contributed by atoms with Gasteiger partial charge in [0.25, 0.3) is 0 Å². The molecule has 17 heavy (non-hydrogen) atoms. The van der Waals surface area contributed by atoms with Gasteiger partial charge >= 0.3 is 15.2 Å². The quantitative estimate of drug-likeness (QED) is 0.268. The van der Waals surface area contributed by atoms with Gasteiger partial charge in [-0.3, -0.25) is 9.13 Å².